The Hall–Kier alpha value is -1.24. The molecular weight excluding hydrogens is 654 g/mol. The zero-order valence-corrected chi connectivity index (χ0v) is 18.4. The highest BCUT2D eigenvalue weighted by Gasteiger charge is 2.95. The van der Waals surface area contributed by atoms with Gasteiger partial charge in [-0.2, -0.15) is 74.6 Å². The monoisotopic (exact) mass is 664 g/mol. The van der Waals surface area contributed by atoms with Gasteiger partial charge in [0.2, 0.25) is 0 Å². The van der Waals surface area contributed by atoms with Gasteiger partial charge in [0.1, 0.15) is 0 Å². The smallest absolute Gasteiger partial charge is 0.200 e. The maximum atomic E-state index is 13.8. The molecule has 0 saturated carbocycles. The fourth-order valence-electron chi connectivity index (χ4n) is 2.52. The van der Waals surface area contributed by atoms with Gasteiger partial charge in [-0.1, -0.05) is 12.1 Å². The lowest BCUT2D eigenvalue weighted by atomic mass is 9.87. The highest BCUT2D eigenvalue weighted by molar-refractivity contribution is 14.1. The van der Waals surface area contributed by atoms with Gasteiger partial charge in [-0.3, -0.25) is 0 Å². The molecule has 0 atom stereocenters. The van der Waals surface area contributed by atoms with E-state index in [4.69, 9.17) is 0 Å². The molecule has 1 aromatic carbocycles. The Morgan fingerprint density at radius 1 is 0.486 bits per heavy atom. The average Bonchev–Trinajstić information content (AvgIpc) is 2.67. The number of rotatable bonds is 10. The Labute approximate surface area is 198 Å². The van der Waals surface area contributed by atoms with Gasteiger partial charge in [-0.15, -0.1) is 0 Å². The molecule has 0 unspecified atom stereocenters. The predicted molar refractivity (Wildman–Crippen MR) is 92.8 cm³/mol. The van der Waals surface area contributed by atoms with Crippen LogP contribution in [0.1, 0.15) is 18.4 Å². The van der Waals surface area contributed by atoms with Crippen molar-refractivity contribution in [3.63, 3.8) is 0 Å². The van der Waals surface area contributed by atoms with Crippen molar-refractivity contribution in [1.29, 1.82) is 0 Å². The zero-order chi connectivity index (χ0) is 28.1. The van der Waals surface area contributed by atoms with E-state index in [2.05, 4.69) is 0 Å². The van der Waals surface area contributed by atoms with E-state index < -0.39 is 66.9 Å². The normalized spacial score (nSPS) is 15.5. The van der Waals surface area contributed by atoms with E-state index in [0.717, 1.165) is 0 Å². The minimum Gasteiger partial charge on any atom is -0.200 e. The molecule has 35 heavy (non-hydrogen) atoms. The second-order valence-electron chi connectivity index (χ2n) is 7.13. The minimum atomic E-state index is -8.59. The number of halogens is 18. The number of benzene rings is 1. The van der Waals surface area contributed by atoms with Crippen molar-refractivity contribution >= 4 is 22.6 Å². The molecule has 0 nitrogen and oxygen atoms in total. The summed E-state index contributed by atoms with van der Waals surface area (Å²) >= 11 is 1.80. The van der Waals surface area contributed by atoms with E-state index in [1.54, 1.807) is 22.6 Å². The van der Waals surface area contributed by atoms with Gasteiger partial charge in [0.25, 0.3) is 0 Å². The summed E-state index contributed by atoms with van der Waals surface area (Å²) in [6.07, 6.45) is -11.9. The van der Waals surface area contributed by atoms with Gasteiger partial charge >= 0.3 is 47.6 Å². The molecule has 0 saturated heterocycles. The topological polar surface area (TPSA) is 0 Å². The molecule has 204 valence electrons. The van der Waals surface area contributed by atoms with E-state index in [-0.39, 0.29) is 5.56 Å². The van der Waals surface area contributed by atoms with Crippen LogP contribution >= 0.6 is 22.6 Å². The third-order valence-electron chi connectivity index (χ3n) is 4.66. The lowest BCUT2D eigenvalue weighted by Gasteiger charge is -2.42. The Morgan fingerprint density at radius 3 is 1.20 bits per heavy atom. The minimum absolute atomic E-state index is 0.141. The molecule has 0 radical (unpaired) electrons. The number of aryl methyl sites for hydroxylation is 1. The molecule has 0 heterocycles. The second-order valence-corrected chi connectivity index (χ2v) is 8.37. The Kier molecular flexibility index (Phi) is 8.40. The first-order valence-corrected chi connectivity index (χ1v) is 9.76. The summed E-state index contributed by atoms with van der Waals surface area (Å²) in [5.41, 5.74) is 0.141. The summed E-state index contributed by atoms with van der Waals surface area (Å²) in [6.45, 7) is 0. The van der Waals surface area contributed by atoms with Crippen LogP contribution in [0.15, 0.2) is 24.3 Å². The van der Waals surface area contributed by atoms with E-state index in [9.17, 15) is 74.6 Å². The summed E-state index contributed by atoms with van der Waals surface area (Å²) in [4.78, 5) is 0. The highest BCUT2D eigenvalue weighted by atomic mass is 127. The second kappa shape index (κ2) is 9.25. The maximum Gasteiger partial charge on any atom is 0.460 e. The molecule has 0 aromatic heterocycles. The van der Waals surface area contributed by atoms with Crippen LogP contribution in [0.4, 0.5) is 74.6 Å². The van der Waals surface area contributed by atoms with Gasteiger partial charge in [0.15, 0.2) is 0 Å². The Balaban J connectivity index is 3.34. The molecular formula is C17H10F17I. The molecule has 0 aliphatic heterocycles. The molecule has 0 N–H and O–H groups in total. The lowest BCUT2D eigenvalue weighted by molar-refractivity contribution is -0.461. The van der Waals surface area contributed by atoms with Gasteiger partial charge < -0.3 is 0 Å². The first-order valence-electron chi connectivity index (χ1n) is 8.68. The Morgan fingerprint density at radius 2 is 0.829 bits per heavy atom. The third kappa shape index (κ3) is 5.00. The van der Waals surface area contributed by atoms with Crippen molar-refractivity contribution in [2.75, 3.05) is 0 Å². The molecule has 0 bridgehead atoms. The highest BCUT2D eigenvalue weighted by Crippen LogP contribution is 2.64. The van der Waals surface area contributed by atoms with Crippen LogP contribution in [-0.2, 0) is 6.42 Å². The number of hydrogen-bond donors (Lipinski definition) is 0. The van der Waals surface area contributed by atoms with E-state index in [1.807, 2.05) is 0 Å². The van der Waals surface area contributed by atoms with Crippen LogP contribution < -0.4 is 0 Å². The van der Waals surface area contributed by atoms with Gasteiger partial charge in [-0.25, -0.2) is 0 Å². The zero-order valence-electron chi connectivity index (χ0n) is 16.2. The molecule has 0 amide bonds. The molecule has 0 spiro atoms. The van der Waals surface area contributed by atoms with Crippen molar-refractivity contribution in [1.82, 2.24) is 0 Å². The summed E-state index contributed by atoms with van der Waals surface area (Å²) in [6, 6.07) is 5.28. The van der Waals surface area contributed by atoms with Crippen molar-refractivity contribution in [2.45, 2.75) is 66.9 Å². The first-order chi connectivity index (χ1) is 15.2. The summed E-state index contributed by atoms with van der Waals surface area (Å²) in [7, 11) is 0. The fourth-order valence-corrected chi connectivity index (χ4v) is 2.88. The summed E-state index contributed by atoms with van der Waals surface area (Å²) in [5.74, 6) is -55.9. The predicted octanol–water partition coefficient (Wildman–Crippen LogP) is 8.62. The van der Waals surface area contributed by atoms with Gasteiger partial charge in [0.05, 0.1) is 0 Å². The van der Waals surface area contributed by atoms with Crippen LogP contribution in [0.25, 0.3) is 0 Å². The van der Waals surface area contributed by atoms with Gasteiger partial charge in [0, 0.05) is 9.99 Å². The van der Waals surface area contributed by atoms with Crippen LogP contribution in [-0.4, -0.2) is 47.6 Å². The maximum absolute atomic E-state index is 13.8. The van der Waals surface area contributed by atoms with Crippen molar-refractivity contribution < 1.29 is 74.6 Å². The molecule has 1 aromatic rings. The lowest BCUT2D eigenvalue weighted by Crippen LogP contribution is -2.74. The van der Waals surface area contributed by atoms with Crippen LogP contribution in [0.2, 0.25) is 0 Å². The summed E-state index contributed by atoms with van der Waals surface area (Å²) in [5, 5.41) is 0. The summed E-state index contributed by atoms with van der Waals surface area (Å²) < 4.78 is 225. The SMILES string of the molecule is FC(F)(F)C(F)(F)C(F)(F)C(F)(F)C(F)(F)C(F)(F)C(F)(F)C(F)(F)CCCc1ccc(I)cc1. The van der Waals surface area contributed by atoms with E-state index in [1.165, 1.54) is 24.3 Å². The molecule has 1 rings (SSSR count). The third-order valence-corrected chi connectivity index (χ3v) is 5.38. The largest absolute Gasteiger partial charge is 0.460 e. The van der Waals surface area contributed by atoms with Crippen molar-refractivity contribution in [2.24, 2.45) is 0 Å². The molecule has 18 heteroatoms. The molecule has 0 fully saturated rings. The molecule has 0 aliphatic rings. The standard InChI is InChI=1S/C17H10F17I/c18-10(19,7-1-2-8-3-5-9(35)6-4-8)11(20,21)12(22,23)13(24,25)14(26,27)15(28,29)16(30,31)17(32,33)34/h3-6H,1-2,7H2. The van der Waals surface area contributed by atoms with Gasteiger partial charge in [-0.05, 0) is 53.1 Å². The first kappa shape index (κ1) is 31.8. The van der Waals surface area contributed by atoms with Crippen LogP contribution in [0, 0.1) is 3.57 Å². The number of alkyl halides is 17. The van der Waals surface area contributed by atoms with Crippen molar-refractivity contribution in [3.05, 3.63) is 33.4 Å². The quantitative estimate of drug-likeness (QED) is 0.174. The molecule has 0 aliphatic carbocycles. The fraction of sp³-hybridized carbons (Fsp3) is 0.647. The van der Waals surface area contributed by atoms with Crippen LogP contribution in [0.5, 0.6) is 0 Å². The van der Waals surface area contributed by atoms with E-state index >= 15 is 0 Å². The van der Waals surface area contributed by atoms with Crippen molar-refractivity contribution in [3.8, 4) is 0 Å². The number of hydrogen-bond acceptors (Lipinski definition) is 0. The van der Waals surface area contributed by atoms with Crippen LogP contribution in [0.3, 0.4) is 0 Å². The average molecular weight is 664 g/mol. The Bertz CT molecular complexity index is 870. The van der Waals surface area contributed by atoms with E-state index in [0.29, 0.717) is 3.57 Å².